The second kappa shape index (κ2) is 8.55. The second-order valence-corrected chi connectivity index (χ2v) is 7.75. The average molecular weight is 377 g/mol. The summed E-state index contributed by atoms with van der Waals surface area (Å²) in [5.41, 5.74) is 4.77. The zero-order valence-electron chi connectivity index (χ0n) is 16.3. The highest BCUT2D eigenvalue weighted by Crippen LogP contribution is 2.22. The lowest BCUT2D eigenvalue weighted by Crippen LogP contribution is -2.51. The molecule has 1 aromatic carbocycles. The molecule has 28 heavy (non-hydrogen) atoms. The summed E-state index contributed by atoms with van der Waals surface area (Å²) >= 11 is 0. The van der Waals surface area contributed by atoms with Gasteiger partial charge in [-0.2, -0.15) is 0 Å². The summed E-state index contributed by atoms with van der Waals surface area (Å²) in [6.07, 6.45) is 7.30. The number of fused-ring (bicyclic) bond motifs is 1. The van der Waals surface area contributed by atoms with E-state index in [0.717, 1.165) is 24.1 Å². The van der Waals surface area contributed by atoms with Crippen molar-refractivity contribution in [2.45, 2.75) is 38.5 Å². The van der Waals surface area contributed by atoms with Gasteiger partial charge in [0.1, 0.15) is 0 Å². The quantitative estimate of drug-likeness (QED) is 0.822. The van der Waals surface area contributed by atoms with Gasteiger partial charge in [-0.25, -0.2) is 0 Å². The molecule has 5 heteroatoms. The third-order valence-corrected chi connectivity index (χ3v) is 5.81. The molecule has 4 rings (SSSR count). The minimum absolute atomic E-state index is 0.0838. The summed E-state index contributed by atoms with van der Waals surface area (Å²) < 4.78 is 0. The van der Waals surface area contributed by atoms with Gasteiger partial charge in [0, 0.05) is 38.1 Å². The van der Waals surface area contributed by atoms with E-state index in [4.69, 9.17) is 0 Å². The lowest BCUT2D eigenvalue weighted by atomic mass is 9.90. The molecule has 0 spiro atoms. The van der Waals surface area contributed by atoms with Crippen LogP contribution in [-0.4, -0.2) is 52.8 Å². The number of pyridine rings is 1. The molecule has 1 fully saturated rings. The normalized spacial score (nSPS) is 16.6. The molecular formula is C23H27N3O2. The zero-order chi connectivity index (χ0) is 19.3. The molecule has 0 saturated carbocycles. The number of carbonyl (C=O) groups excluding carboxylic acids is 2. The van der Waals surface area contributed by atoms with Gasteiger partial charge >= 0.3 is 0 Å². The molecule has 2 amide bonds. The van der Waals surface area contributed by atoms with Crippen LogP contribution in [0.2, 0.25) is 0 Å². The molecule has 1 aromatic heterocycles. The third kappa shape index (κ3) is 4.41. The molecule has 1 aliphatic carbocycles. The molecule has 1 saturated heterocycles. The van der Waals surface area contributed by atoms with E-state index in [9.17, 15) is 9.59 Å². The van der Waals surface area contributed by atoms with Gasteiger partial charge in [0.2, 0.25) is 11.8 Å². The zero-order valence-corrected chi connectivity index (χ0v) is 16.3. The van der Waals surface area contributed by atoms with Crippen molar-refractivity contribution in [3.8, 4) is 0 Å². The van der Waals surface area contributed by atoms with Crippen LogP contribution in [-0.2, 0) is 35.3 Å². The topological polar surface area (TPSA) is 53.5 Å². The van der Waals surface area contributed by atoms with Crippen LogP contribution < -0.4 is 0 Å². The number of carbonyl (C=O) groups is 2. The van der Waals surface area contributed by atoms with Crippen LogP contribution in [0.3, 0.4) is 0 Å². The Balaban J connectivity index is 1.28. The Bertz CT molecular complexity index is 842. The van der Waals surface area contributed by atoms with Crippen LogP contribution >= 0.6 is 0 Å². The molecule has 2 heterocycles. The van der Waals surface area contributed by atoms with Gasteiger partial charge in [-0.15, -0.1) is 0 Å². The fourth-order valence-corrected chi connectivity index (χ4v) is 4.16. The van der Waals surface area contributed by atoms with Gasteiger partial charge in [-0.3, -0.25) is 14.6 Å². The van der Waals surface area contributed by atoms with Crippen molar-refractivity contribution in [2.24, 2.45) is 0 Å². The summed E-state index contributed by atoms with van der Waals surface area (Å²) in [5, 5.41) is 0. The summed E-state index contributed by atoms with van der Waals surface area (Å²) in [6, 6.07) is 12.1. The number of amides is 2. The molecule has 0 bridgehead atoms. The number of hydrogen-bond acceptors (Lipinski definition) is 3. The molecule has 0 atom stereocenters. The van der Waals surface area contributed by atoms with Gasteiger partial charge in [-0.05, 0) is 54.5 Å². The Morgan fingerprint density at radius 2 is 1.50 bits per heavy atom. The number of nitrogens with zero attached hydrogens (tertiary/aromatic N) is 3. The van der Waals surface area contributed by atoms with E-state index in [1.807, 2.05) is 28.0 Å². The molecular weight excluding hydrogens is 350 g/mol. The minimum atomic E-state index is 0.0838. The molecule has 5 nitrogen and oxygen atoms in total. The van der Waals surface area contributed by atoms with Crippen molar-refractivity contribution in [2.75, 3.05) is 26.2 Å². The van der Waals surface area contributed by atoms with E-state index in [1.165, 1.54) is 24.0 Å². The van der Waals surface area contributed by atoms with Crippen LogP contribution in [0.15, 0.2) is 42.6 Å². The molecule has 146 valence electrons. The summed E-state index contributed by atoms with van der Waals surface area (Å²) in [5.74, 6) is 0.244. The first-order valence-electron chi connectivity index (χ1n) is 10.3. The highest BCUT2D eigenvalue weighted by atomic mass is 16.2. The van der Waals surface area contributed by atoms with E-state index in [2.05, 4.69) is 23.2 Å². The molecule has 0 radical (unpaired) electrons. The molecule has 0 unspecified atom stereocenters. The lowest BCUT2D eigenvalue weighted by molar-refractivity contribution is -0.138. The number of piperazine rings is 1. The first-order chi connectivity index (χ1) is 13.7. The maximum absolute atomic E-state index is 12.7. The first kappa shape index (κ1) is 18.7. The lowest BCUT2D eigenvalue weighted by Gasteiger charge is -2.35. The standard InChI is InChI=1S/C23H27N3O2/c27-22(16-18-8-9-19-5-1-2-6-20(19)15-18)25-11-13-26(14-12-25)23(28)17-21-7-3-4-10-24-21/h3-4,7-10,15H,1-2,5-6,11-14,16-17H2. The Labute approximate surface area is 166 Å². The van der Waals surface area contributed by atoms with E-state index in [0.29, 0.717) is 39.0 Å². The third-order valence-electron chi connectivity index (χ3n) is 5.81. The van der Waals surface area contributed by atoms with Crippen LogP contribution in [0, 0.1) is 0 Å². The smallest absolute Gasteiger partial charge is 0.228 e. The van der Waals surface area contributed by atoms with Gasteiger partial charge in [0.15, 0.2) is 0 Å². The number of hydrogen-bond donors (Lipinski definition) is 0. The predicted molar refractivity (Wildman–Crippen MR) is 108 cm³/mol. The number of aromatic nitrogens is 1. The SMILES string of the molecule is O=C(Cc1ccc2c(c1)CCCC2)N1CCN(C(=O)Cc2ccccn2)CC1. The molecule has 2 aliphatic rings. The van der Waals surface area contributed by atoms with Crippen molar-refractivity contribution in [1.82, 2.24) is 14.8 Å². The molecule has 1 aliphatic heterocycles. The van der Waals surface area contributed by atoms with Crippen molar-refractivity contribution in [1.29, 1.82) is 0 Å². The number of benzene rings is 1. The monoisotopic (exact) mass is 377 g/mol. The predicted octanol–water partition coefficient (Wildman–Crippen LogP) is 2.42. The first-order valence-corrected chi connectivity index (χ1v) is 10.3. The minimum Gasteiger partial charge on any atom is -0.339 e. The van der Waals surface area contributed by atoms with E-state index in [-0.39, 0.29) is 11.8 Å². The molecule has 2 aromatic rings. The van der Waals surface area contributed by atoms with Crippen molar-refractivity contribution < 1.29 is 9.59 Å². The second-order valence-electron chi connectivity index (χ2n) is 7.75. The summed E-state index contributed by atoms with van der Waals surface area (Å²) in [7, 11) is 0. The van der Waals surface area contributed by atoms with Gasteiger partial charge in [0.05, 0.1) is 12.8 Å². The Hall–Kier alpha value is -2.69. The van der Waals surface area contributed by atoms with Crippen molar-refractivity contribution >= 4 is 11.8 Å². The van der Waals surface area contributed by atoms with Gasteiger partial charge < -0.3 is 9.80 Å². The van der Waals surface area contributed by atoms with Crippen molar-refractivity contribution in [3.63, 3.8) is 0 Å². The Morgan fingerprint density at radius 1 is 0.821 bits per heavy atom. The van der Waals surface area contributed by atoms with Crippen LogP contribution in [0.5, 0.6) is 0 Å². The number of rotatable bonds is 4. The van der Waals surface area contributed by atoms with E-state index >= 15 is 0 Å². The van der Waals surface area contributed by atoms with Gasteiger partial charge in [0.25, 0.3) is 0 Å². The fourth-order valence-electron chi connectivity index (χ4n) is 4.16. The Morgan fingerprint density at radius 3 is 2.18 bits per heavy atom. The fraction of sp³-hybridized carbons (Fsp3) is 0.435. The Kier molecular flexibility index (Phi) is 5.70. The molecule has 0 N–H and O–H groups in total. The van der Waals surface area contributed by atoms with Gasteiger partial charge in [-0.1, -0.05) is 24.3 Å². The average Bonchev–Trinajstić information content (AvgIpc) is 2.74. The maximum Gasteiger partial charge on any atom is 0.228 e. The van der Waals surface area contributed by atoms with Crippen LogP contribution in [0.4, 0.5) is 0 Å². The van der Waals surface area contributed by atoms with E-state index in [1.54, 1.807) is 6.20 Å². The largest absolute Gasteiger partial charge is 0.339 e. The highest BCUT2D eigenvalue weighted by Gasteiger charge is 2.24. The van der Waals surface area contributed by atoms with Crippen LogP contribution in [0.25, 0.3) is 0 Å². The van der Waals surface area contributed by atoms with E-state index < -0.39 is 0 Å². The number of aryl methyl sites for hydroxylation is 2. The highest BCUT2D eigenvalue weighted by molar-refractivity contribution is 5.81. The summed E-state index contributed by atoms with van der Waals surface area (Å²) in [6.45, 7) is 2.42. The maximum atomic E-state index is 12.7. The summed E-state index contributed by atoms with van der Waals surface area (Å²) in [4.78, 5) is 33.1. The van der Waals surface area contributed by atoms with Crippen molar-refractivity contribution in [3.05, 3.63) is 65.0 Å². The van der Waals surface area contributed by atoms with Crippen LogP contribution in [0.1, 0.15) is 35.2 Å².